The average Bonchev–Trinajstić information content (AvgIpc) is 2.40. The summed E-state index contributed by atoms with van der Waals surface area (Å²) in [5, 5.41) is 3.30. The van der Waals surface area contributed by atoms with Crippen LogP contribution in [0.25, 0.3) is 0 Å². The second kappa shape index (κ2) is 6.91. The fourth-order valence-electron chi connectivity index (χ4n) is 2.72. The van der Waals surface area contributed by atoms with E-state index in [2.05, 4.69) is 36.1 Å². The number of anilines is 1. The molecule has 0 saturated heterocycles. The molecule has 1 saturated carbocycles. The smallest absolute Gasteiger partial charge is 0.218 e. The minimum atomic E-state index is 0.300. The summed E-state index contributed by atoms with van der Waals surface area (Å²) in [6, 6.07) is 1.92. The van der Waals surface area contributed by atoms with Crippen molar-refractivity contribution in [3.63, 3.8) is 0 Å². The zero-order valence-corrected chi connectivity index (χ0v) is 13.1. The van der Waals surface area contributed by atoms with Crippen molar-refractivity contribution >= 4 is 5.82 Å². The van der Waals surface area contributed by atoms with Gasteiger partial charge < -0.3 is 10.1 Å². The number of rotatable bonds is 5. The number of aryl methyl sites for hydroxylation is 1. The minimum absolute atomic E-state index is 0.300. The fraction of sp³-hybridized carbons (Fsp3) is 0.750. The predicted molar refractivity (Wildman–Crippen MR) is 82.1 cm³/mol. The van der Waals surface area contributed by atoms with Crippen molar-refractivity contribution < 1.29 is 4.74 Å². The Morgan fingerprint density at radius 2 is 2.05 bits per heavy atom. The van der Waals surface area contributed by atoms with Gasteiger partial charge in [-0.3, -0.25) is 0 Å². The molecule has 1 aliphatic carbocycles. The second-order valence-electron chi connectivity index (χ2n) is 6.07. The highest BCUT2D eigenvalue weighted by Crippen LogP contribution is 2.31. The average molecular weight is 277 g/mol. The van der Waals surface area contributed by atoms with Gasteiger partial charge in [0, 0.05) is 12.6 Å². The Kier molecular flexibility index (Phi) is 5.21. The molecule has 112 valence electrons. The molecule has 1 aromatic heterocycles. The Balaban J connectivity index is 1.99. The van der Waals surface area contributed by atoms with E-state index in [9.17, 15) is 0 Å². The first kappa shape index (κ1) is 15.1. The van der Waals surface area contributed by atoms with E-state index in [1.54, 1.807) is 0 Å². The summed E-state index contributed by atoms with van der Waals surface area (Å²) in [5.41, 5.74) is 0. The summed E-state index contributed by atoms with van der Waals surface area (Å²) in [4.78, 5) is 8.80. The van der Waals surface area contributed by atoms with Gasteiger partial charge in [0.25, 0.3) is 0 Å². The van der Waals surface area contributed by atoms with Crippen molar-refractivity contribution in [2.24, 2.45) is 11.8 Å². The molecule has 3 unspecified atom stereocenters. The minimum Gasteiger partial charge on any atom is -0.474 e. The number of hydrogen-bond acceptors (Lipinski definition) is 4. The highest BCUT2D eigenvalue weighted by atomic mass is 16.5. The van der Waals surface area contributed by atoms with Crippen molar-refractivity contribution in [3.8, 4) is 5.88 Å². The van der Waals surface area contributed by atoms with Gasteiger partial charge in [-0.1, -0.05) is 20.8 Å². The molecule has 1 aromatic rings. The molecular formula is C16H27N3O. The Hall–Kier alpha value is -1.32. The van der Waals surface area contributed by atoms with Crippen molar-refractivity contribution in [3.05, 3.63) is 11.9 Å². The zero-order chi connectivity index (χ0) is 14.5. The lowest BCUT2D eigenvalue weighted by Gasteiger charge is -2.31. The molecule has 4 heteroatoms. The highest BCUT2D eigenvalue weighted by Gasteiger charge is 2.26. The molecule has 0 amide bonds. The molecule has 1 aliphatic rings. The fourth-order valence-corrected chi connectivity index (χ4v) is 2.72. The molecule has 1 N–H and O–H groups in total. The van der Waals surface area contributed by atoms with Gasteiger partial charge in [0.05, 0.1) is 0 Å². The third-order valence-corrected chi connectivity index (χ3v) is 4.21. The van der Waals surface area contributed by atoms with Crippen LogP contribution in [0.2, 0.25) is 0 Å². The molecule has 1 heterocycles. The van der Waals surface area contributed by atoms with Crippen LogP contribution in [0.1, 0.15) is 52.3 Å². The van der Waals surface area contributed by atoms with Crippen LogP contribution >= 0.6 is 0 Å². The van der Waals surface area contributed by atoms with Crippen LogP contribution in [0.15, 0.2) is 6.07 Å². The van der Waals surface area contributed by atoms with E-state index >= 15 is 0 Å². The summed E-state index contributed by atoms with van der Waals surface area (Å²) in [6.07, 6.45) is 4.89. The van der Waals surface area contributed by atoms with Crippen LogP contribution in [0.3, 0.4) is 0 Å². The molecule has 3 atom stereocenters. The lowest BCUT2D eigenvalue weighted by molar-refractivity contribution is 0.0962. The number of nitrogens with one attached hydrogen (secondary N) is 1. The number of nitrogens with zero attached hydrogens (tertiary/aromatic N) is 2. The van der Waals surface area contributed by atoms with Crippen molar-refractivity contribution in [1.82, 2.24) is 9.97 Å². The van der Waals surface area contributed by atoms with Gasteiger partial charge >= 0.3 is 0 Å². The van der Waals surface area contributed by atoms with E-state index in [1.807, 2.05) is 13.0 Å². The first-order chi connectivity index (χ1) is 9.58. The SMILES string of the molecule is CCCNc1cc(OC2CCC(C)C(C)C2)nc(C)n1. The van der Waals surface area contributed by atoms with Gasteiger partial charge in [0.15, 0.2) is 0 Å². The topological polar surface area (TPSA) is 47.0 Å². The third kappa shape index (κ3) is 4.09. The Labute approximate surface area is 122 Å². The van der Waals surface area contributed by atoms with Gasteiger partial charge in [0.2, 0.25) is 5.88 Å². The number of aromatic nitrogens is 2. The maximum atomic E-state index is 6.08. The molecule has 20 heavy (non-hydrogen) atoms. The second-order valence-corrected chi connectivity index (χ2v) is 6.07. The Morgan fingerprint density at radius 1 is 1.25 bits per heavy atom. The van der Waals surface area contributed by atoms with Crippen molar-refractivity contribution in [2.75, 3.05) is 11.9 Å². The quantitative estimate of drug-likeness (QED) is 0.889. The first-order valence-corrected chi connectivity index (χ1v) is 7.84. The van der Waals surface area contributed by atoms with Gasteiger partial charge in [-0.2, -0.15) is 4.98 Å². The van der Waals surface area contributed by atoms with Crippen LogP contribution in [-0.2, 0) is 0 Å². The summed E-state index contributed by atoms with van der Waals surface area (Å²) in [5.74, 6) is 3.88. The summed E-state index contributed by atoms with van der Waals surface area (Å²) < 4.78 is 6.08. The molecule has 0 aliphatic heterocycles. The maximum absolute atomic E-state index is 6.08. The van der Waals surface area contributed by atoms with Crippen molar-refractivity contribution in [1.29, 1.82) is 0 Å². The highest BCUT2D eigenvalue weighted by molar-refractivity contribution is 5.38. The Morgan fingerprint density at radius 3 is 2.75 bits per heavy atom. The van der Waals surface area contributed by atoms with E-state index in [4.69, 9.17) is 4.74 Å². The van der Waals surface area contributed by atoms with Gasteiger partial charge in [0.1, 0.15) is 17.7 Å². The van der Waals surface area contributed by atoms with E-state index in [0.29, 0.717) is 12.0 Å². The third-order valence-electron chi connectivity index (χ3n) is 4.21. The zero-order valence-electron chi connectivity index (χ0n) is 13.1. The van der Waals surface area contributed by atoms with E-state index in [1.165, 1.54) is 6.42 Å². The number of ether oxygens (including phenoxy) is 1. The molecule has 0 bridgehead atoms. The molecule has 0 aromatic carbocycles. The maximum Gasteiger partial charge on any atom is 0.218 e. The molecule has 1 fully saturated rings. The standard InChI is InChI=1S/C16H27N3O/c1-5-8-17-15-10-16(19-13(4)18-15)20-14-7-6-11(2)12(3)9-14/h10-12,14H,5-9H2,1-4H3,(H,17,18,19). The monoisotopic (exact) mass is 277 g/mol. The summed E-state index contributed by atoms with van der Waals surface area (Å²) in [7, 11) is 0. The first-order valence-electron chi connectivity index (χ1n) is 7.84. The number of hydrogen-bond donors (Lipinski definition) is 1. The van der Waals surface area contributed by atoms with E-state index in [-0.39, 0.29) is 0 Å². The van der Waals surface area contributed by atoms with Gasteiger partial charge in [-0.25, -0.2) is 4.98 Å². The molecule has 2 rings (SSSR count). The van der Waals surface area contributed by atoms with E-state index < -0.39 is 0 Å². The molecular weight excluding hydrogens is 250 g/mol. The van der Waals surface area contributed by atoms with Crippen LogP contribution in [0, 0.1) is 18.8 Å². The lowest BCUT2D eigenvalue weighted by atomic mass is 9.80. The van der Waals surface area contributed by atoms with E-state index in [0.717, 1.165) is 49.3 Å². The molecule has 4 nitrogen and oxygen atoms in total. The van der Waals surface area contributed by atoms with Crippen LogP contribution < -0.4 is 10.1 Å². The van der Waals surface area contributed by atoms with Crippen molar-refractivity contribution in [2.45, 2.75) is 59.5 Å². The normalized spacial score (nSPS) is 26.3. The largest absolute Gasteiger partial charge is 0.474 e. The summed E-state index contributed by atoms with van der Waals surface area (Å²) in [6.45, 7) is 9.63. The predicted octanol–water partition coefficient (Wildman–Crippen LogP) is 3.81. The van der Waals surface area contributed by atoms with Crippen LogP contribution in [-0.4, -0.2) is 22.6 Å². The Bertz CT molecular complexity index is 436. The van der Waals surface area contributed by atoms with Crippen LogP contribution in [0.4, 0.5) is 5.82 Å². The van der Waals surface area contributed by atoms with Gasteiger partial charge in [-0.05, 0) is 44.4 Å². The molecule has 0 radical (unpaired) electrons. The lowest BCUT2D eigenvalue weighted by Crippen LogP contribution is -2.29. The summed E-state index contributed by atoms with van der Waals surface area (Å²) >= 11 is 0. The molecule has 0 spiro atoms. The van der Waals surface area contributed by atoms with Gasteiger partial charge in [-0.15, -0.1) is 0 Å². The van der Waals surface area contributed by atoms with Crippen LogP contribution in [0.5, 0.6) is 5.88 Å².